The van der Waals surface area contributed by atoms with E-state index < -0.39 is 0 Å². The van der Waals surface area contributed by atoms with Crippen LogP contribution in [0.4, 0.5) is 0 Å². The molecule has 0 N–H and O–H groups in total. The zero-order chi connectivity index (χ0) is 17.8. The van der Waals surface area contributed by atoms with Crippen molar-refractivity contribution in [1.29, 1.82) is 0 Å². The Morgan fingerprint density at radius 1 is 1.28 bits per heavy atom. The van der Waals surface area contributed by atoms with Crippen LogP contribution in [0.1, 0.15) is 58.7 Å². The van der Waals surface area contributed by atoms with Gasteiger partial charge in [0, 0.05) is 13.0 Å². The van der Waals surface area contributed by atoms with Gasteiger partial charge in [-0.2, -0.15) is 5.10 Å². The van der Waals surface area contributed by atoms with Gasteiger partial charge in [0.15, 0.2) is 0 Å². The molecule has 4 atom stereocenters. The number of aryl methyl sites for hydroxylation is 1. The molecule has 0 radical (unpaired) electrons. The SMILES string of the molecule is CC1C(OC(=O)Cn2nc3n(c2=O)CCCCC3)CC2CC1C2(C)C. The molecule has 4 unspecified atom stereocenters. The highest BCUT2D eigenvalue weighted by Gasteiger charge is 2.57. The summed E-state index contributed by atoms with van der Waals surface area (Å²) >= 11 is 0. The van der Waals surface area contributed by atoms with E-state index in [0.29, 0.717) is 29.7 Å². The van der Waals surface area contributed by atoms with Gasteiger partial charge in [-0.1, -0.05) is 27.2 Å². The van der Waals surface area contributed by atoms with E-state index in [4.69, 9.17) is 4.74 Å². The number of carbonyl (C=O) groups is 1. The normalized spacial score (nSPS) is 33.1. The minimum atomic E-state index is -0.327. The zero-order valence-electron chi connectivity index (χ0n) is 15.5. The van der Waals surface area contributed by atoms with E-state index >= 15 is 0 Å². The number of esters is 1. The second-order valence-corrected chi connectivity index (χ2v) is 8.80. The van der Waals surface area contributed by atoms with Gasteiger partial charge in [0.2, 0.25) is 0 Å². The Morgan fingerprint density at radius 2 is 2.08 bits per heavy atom. The third-order valence-electron chi connectivity index (χ3n) is 7.13. The van der Waals surface area contributed by atoms with Gasteiger partial charge < -0.3 is 4.74 Å². The Labute approximate surface area is 148 Å². The van der Waals surface area contributed by atoms with E-state index in [9.17, 15) is 9.59 Å². The topological polar surface area (TPSA) is 66.1 Å². The first-order valence-electron chi connectivity index (χ1n) is 9.74. The molecule has 4 aliphatic rings. The second kappa shape index (κ2) is 5.99. The molecular formula is C19H29N3O3. The number of rotatable bonds is 3. The molecule has 3 fully saturated rings. The molecule has 6 heteroatoms. The number of ether oxygens (including phenoxy) is 1. The maximum atomic E-state index is 12.5. The van der Waals surface area contributed by atoms with Crippen molar-refractivity contribution in [2.45, 2.75) is 78.5 Å². The van der Waals surface area contributed by atoms with Crippen LogP contribution in [0.2, 0.25) is 0 Å². The lowest BCUT2D eigenvalue weighted by atomic mass is 9.45. The minimum absolute atomic E-state index is 0.0135. The van der Waals surface area contributed by atoms with Crippen LogP contribution in [0.25, 0.3) is 0 Å². The van der Waals surface area contributed by atoms with Gasteiger partial charge in [0.05, 0.1) is 0 Å². The van der Waals surface area contributed by atoms with Crippen LogP contribution >= 0.6 is 0 Å². The first kappa shape index (κ1) is 16.9. The van der Waals surface area contributed by atoms with Crippen molar-refractivity contribution < 1.29 is 9.53 Å². The highest BCUT2D eigenvalue weighted by Crippen LogP contribution is 2.61. The van der Waals surface area contributed by atoms with E-state index in [1.807, 2.05) is 0 Å². The molecule has 0 amide bonds. The van der Waals surface area contributed by atoms with Gasteiger partial charge in [-0.25, -0.2) is 9.48 Å². The molecular weight excluding hydrogens is 318 g/mol. The first-order chi connectivity index (χ1) is 11.9. The lowest BCUT2D eigenvalue weighted by molar-refractivity contribution is -0.186. The fourth-order valence-corrected chi connectivity index (χ4v) is 5.31. The van der Waals surface area contributed by atoms with E-state index in [2.05, 4.69) is 25.9 Å². The molecule has 0 saturated heterocycles. The number of hydrogen-bond donors (Lipinski definition) is 0. The summed E-state index contributed by atoms with van der Waals surface area (Å²) in [5, 5.41) is 4.38. The highest BCUT2D eigenvalue weighted by molar-refractivity contribution is 5.69. The number of nitrogens with zero attached hydrogens (tertiary/aromatic N) is 3. The number of aromatic nitrogens is 3. The third kappa shape index (κ3) is 2.74. The Balaban J connectivity index is 1.41. The van der Waals surface area contributed by atoms with Crippen molar-refractivity contribution >= 4 is 5.97 Å². The first-order valence-corrected chi connectivity index (χ1v) is 9.74. The van der Waals surface area contributed by atoms with Gasteiger partial charge in [-0.3, -0.25) is 9.36 Å². The molecule has 5 rings (SSSR count). The fourth-order valence-electron chi connectivity index (χ4n) is 5.31. The lowest BCUT2D eigenvalue weighted by Gasteiger charge is -2.61. The van der Waals surface area contributed by atoms with Gasteiger partial charge in [-0.15, -0.1) is 0 Å². The summed E-state index contributed by atoms with van der Waals surface area (Å²) in [5.74, 6) is 2.16. The van der Waals surface area contributed by atoms with Gasteiger partial charge in [0.25, 0.3) is 0 Å². The predicted octanol–water partition coefficient (Wildman–Crippen LogP) is 2.39. The Kier molecular flexibility index (Phi) is 4.04. The average Bonchev–Trinajstić information content (AvgIpc) is 2.74. The van der Waals surface area contributed by atoms with Crippen molar-refractivity contribution in [2.24, 2.45) is 23.2 Å². The van der Waals surface area contributed by atoms with Crippen molar-refractivity contribution in [3.05, 3.63) is 16.3 Å². The molecule has 1 aromatic heterocycles. The molecule has 25 heavy (non-hydrogen) atoms. The highest BCUT2D eigenvalue weighted by atomic mass is 16.5. The second-order valence-electron chi connectivity index (χ2n) is 8.80. The summed E-state index contributed by atoms with van der Waals surface area (Å²) in [7, 11) is 0. The van der Waals surface area contributed by atoms with Crippen LogP contribution in [0.3, 0.4) is 0 Å². The summed E-state index contributed by atoms with van der Waals surface area (Å²) < 4.78 is 8.78. The summed E-state index contributed by atoms with van der Waals surface area (Å²) in [6, 6.07) is 0. The molecule has 1 aliphatic heterocycles. The minimum Gasteiger partial charge on any atom is -0.461 e. The van der Waals surface area contributed by atoms with Gasteiger partial charge in [-0.05, 0) is 48.9 Å². The Bertz CT molecular complexity index is 733. The molecule has 138 valence electrons. The standard InChI is InChI=1S/C19H29N3O3/c1-12-14-9-13(19(14,2)3)10-15(12)25-17(23)11-22-18(24)21-8-6-4-5-7-16(21)20-22/h12-15H,4-11H2,1-3H3. The van der Waals surface area contributed by atoms with Crippen LogP contribution in [0, 0.1) is 23.2 Å². The quantitative estimate of drug-likeness (QED) is 0.788. The smallest absolute Gasteiger partial charge is 0.346 e. The van der Waals surface area contributed by atoms with Crippen molar-refractivity contribution in [3.63, 3.8) is 0 Å². The lowest BCUT2D eigenvalue weighted by Crippen LogP contribution is -2.57. The molecule has 2 bridgehead atoms. The van der Waals surface area contributed by atoms with Crippen molar-refractivity contribution in [3.8, 4) is 0 Å². The number of fused-ring (bicyclic) bond motifs is 3. The third-order valence-corrected chi connectivity index (χ3v) is 7.13. The van der Waals surface area contributed by atoms with Crippen LogP contribution in [0.15, 0.2) is 4.79 Å². The maximum absolute atomic E-state index is 12.5. The summed E-state index contributed by atoms with van der Waals surface area (Å²) in [5.41, 5.74) is 0.204. The van der Waals surface area contributed by atoms with Gasteiger partial charge in [0.1, 0.15) is 18.5 Å². The monoisotopic (exact) mass is 347 g/mol. The Hall–Kier alpha value is -1.59. The van der Waals surface area contributed by atoms with E-state index in [1.165, 1.54) is 11.1 Å². The van der Waals surface area contributed by atoms with E-state index in [1.54, 1.807) is 4.57 Å². The van der Waals surface area contributed by atoms with Crippen molar-refractivity contribution in [1.82, 2.24) is 14.3 Å². The number of carbonyl (C=O) groups excluding carboxylic acids is 1. The average molecular weight is 347 g/mol. The van der Waals surface area contributed by atoms with E-state index in [0.717, 1.165) is 37.9 Å². The van der Waals surface area contributed by atoms with Crippen molar-refractivity contribution in [2.75, 3.05) is 0 Å². The fraction of sp³-hybridized carbons (Fsp3) is 0.842. The van der Waals surface area contributed by atoms with Crippen LogP contribution in [-0.4, -0.2) is 26.4 Å². The largest absolute Gasteiger partial charge is 0.461 e. The van der Waals surface area contributed by atoms with Crippen LogP contribution in [-0.2, 0) is 29.0 Å². The summed E-state index contributed by atoms with van der Waals surface area (Å²) in [6.07, 6.45) is 6.19. The van der Waals surface area contributed by atoms with Crippen LogP contribution in [0.5, 0.6) is 0 Å². The molecule has 3 aliphatic carbocycles. The maximum Gasteiger partial charge on any atom is 0.346 e. The molecule has 0 aromatic carbocycles. The van der Waals surface area contributed by atoms with Gasteiger partial charge >= 0.3 is 11.7 Å². The predicted molar refractivity (Wildman–Crippen MR) is 93.1 cm³/mol. The summed E-state index contributed by atoms with van der Waals surface area (Å²) in [4.78, 5) is 24.9. The molecule has 2 heterocycles. The van der Waals surface area contributed by atoms with Crippen LogP contribution < -0.4 is 5.69 Å². The molecule has 6 nitrogen and oxygen atoms in total. The Morgan fingerprint density at radius 3 is 2.80 bits per heavy atom. The molecule has 3 saturated carbocycles. The van der Waals surface area contributed by atoms with E-state index in [-0.39, 0.29) is 24.3 Å². The molecule has 1 aromatic rings. The zero-order valence-corrected chi connectivity index (χ0v) is 15.5. The number of hydrogen-bond acceptors (Lipinski definition) is 4. The molecule has 0 spiro atoms. The summed E-state index contributed by atoms with van der Waals surface area (Å²) in [6.45, 7) is 7.50.